The van der Waals surface area contributed by atoms with E-state index in [0.717, 1.165) is 20.7 Å². The monoisotopic (exact) mass is 326 g/mol. The van der Waals surface area contributed by atoms with Crippen molar-refractivity contribution in [2.24, 2.45) is 0 Å². The van der Waals surface area contributed by atoms with E-state index >= 15 is 0 Å². The zero-order valence-electron chi connectivity index (χ0n) is 10.3. The maximum atomic E-state index is 10.6. The molecular formula is C14H15BrO2S. The van der Waals surface area contributed by atoms with Crippen molar-refractivity contribution < 1.29 is 9.84 Å². The Kier molecular flexibility index (Phi) is 4.10. The van der Waals surface area contributed by atoms with Gasteiger partial charge >= 0.3 is 0 Å². The van der Waals surface area contributed by atoms with Crippen molar-refractivity contribution in [3.05, 3.63) is 50.6 Å². The van der Waals surface area contributed by atoms with Gasteiger partial charge in [-0.25, -0.2) is 0 Å². The predicted octanol–water partition coefficient (Wildman–Crippen LogP) is 3.97. The highest BCUT2D eigenvalue weighted by atomic mass is 79.9. The van der Waals surface area contributed by atoms with Crippen molar-refractivity contribution in [2.45, 2.75) is 18.9 Å². The third-order valence-corrected chi connectivity index (χ3v) is 4.45. The summed E-state index contributed by atoms with van der Waals surface area (Å²) in [4.78, 5) is 0.963. The van der Waals surface area contributed by atoms with Gasteiger partial charge in [0.15, 0.2) is 0 Å². The van der Waals surface area contributed by atoms with E-state index < -0.39 is 5.60 Å². The minimum Gasteiger partial charge on any atom is -0.496 e. The lowest BCUT2D eigenvalue weighted by molar-refractivity contribution is 0.0608. The first-order valence-corrected chi connectivity index (χ1v) is 7.29. The highest BCUT2D eigenvalue weighted by Gasteiger charge is 2.26. The fourth-order valence-electron chi connectivity index (χ4n) is 1.93. The van der Waals surface area contributed by atoms with Crippen molar-refractivity contribution >= 4 is 27.3 Å². The molecule has 0 aliphatic carbocycles. The smallest absolute Gasteiger partial charge is 0.122 e. The molecule has 0 fully saturated rings. The van der Waals surface area contributed by atoms with Crippen LogP contribution in [0.25, 0.3) is 0 Å². The molecule has 1 N–H and O–H groups in total. The Bertz CT molecular complexity index is 521. The van der Waals surface area contributed by atoms with Crippen LogP contribution >= 0.6 is 27.3 Å². The SMILES string of the molecule is COc1ccc(Br)cc1CC(C)(O)c1cccs1. The molecule has 0 amide bonds. The number of ether oxygens (including phenoxy) is 1. The van der Waals surface area contributed by atoms with E-state index in [0.29, 0.717) is 6.42 Å². The lowest BCUT2D eigenvalue weighted by atomic mass is 9.94. The third-order valence-electron chi connectivity index (χ3n) is 2.83. The molecule has 0 bridgehead atoms. The molecule has 0 spiro atoms. The van der Waals surface area contributed by atoms with E-state index in [1.54, 1.807) is 18.4 Å². The first-order chi connectivity index (χ1) is 8.53. The normalized spacial score (nSPS) is 14.2. The van der Waals surface area contributed by atoms with Gasteiger partial charge in [-0.3, -0.25) is 0 Å². The van der Waals surface area contributed by atoms with Crippen molar-refractivity contribution in [1.29, 1.82) is 0 Å². The molecule has 2 nitrogen and oxygen atoms in total. The molecule has 0 saturated carbocycles. The summed E-state index contributed by atoms with van der Waals surface area (Å²) in [7, 11) is 1.65. The van der Waals surface area contributed by atoms with E-state index in [1.807, 2.05) is 42.6 Å². The van der Waals surface area contributed by atoms with Crippen LogP contribution in [0.15, 0.2) is 40.2 Å². The fourth-order valence-corrected chi connectivity index (χ4v) is 3.12. The number of rotatable bonds is 4. The number of hydrogen-bond acceptors (Lipinski definition) is 3. The van der Waals surface area contributed by atoms with Crippen LogP contribution in [-0.4, -0.2) is 12.2 Å². The van der Waals surface area contributed by atoms with Crippen LogP contribution in [0.2, 0.25) is 0 Å². The van der Waals surface area contributed by atoms with Gasteiger partial charge in [0, 0.05) is 15.8 Å². The average molecular weight is 327 g/mol. The van der Waals surface area contributed by atoms with Crippen molar-refractivity contribution in [1.82, 2.24) is 0 Å². The number of methoxy groups -OCH3 is 1. The van der Waals surface area contributed by atoms with Gasteiger partial charge in [0.05, 0.1) is 7.11 Å². The van der Waals surface area contributed by atoms with Crippen LogP contribution in [0.1, 0.15) is 17.4 Å². The van der Waals surface area contributed by atoms with Crippen LogP contribution in [-0.2, 0) is 12.0 Å². The highest BCUT2D eigenvalue weighted by Crippen LogP contribution is 2.33. The Morgan fingerprint density at radius 1 is 1.39 bits per heavy atom. The Labute approximate surface area is 119 Å². The summed E-state index contributed by atoms with van der Waals surface area (Å²) >= 11 is 5.01. The quantitative estimate of drug-likeness (QED) is 0.921. The van der Waals surface area contributed by atoms with Gasteiger partial charge in [-0.15, -0.1) is 11.3 Å². The molecule has 0 radical (unpaired) electrons. The maximum Gasteiger partial charge on any atom is 0.122 e. The molecular weight excluding hydrogens is 312 g/mol. The standard InChI is InChI=1S/C14H15BrO2S/c1-14(16,13-4-3-7-18-13)9-10-8-11(15)5-6-12(10)17-2/h3-8,16H,9H2,1-2H3. The minimum atomic E-state index is -0.873. The lowest BCUT2D eigenvalue weighted by Crippen LogP contribution is -2.23. The van der Waals surface area contributed by atoms with Crippen molar-refractivity contribution in [3.63, 3.8) is 0 Å². The molecule has 1 unspecified atom stereocenters. The second-order valence-corrected chi connectivity index (χ2v) is 6.25. The molecule has 0 saturated heterocycles. The van der Waals surface area contributed by atoms with Gasteiger partial charge in [0.1, 0.15) is 11.4 Å². The number of hydrogen-bond donors (Lipinski definition) is 1. The van der Waals surface area contributed by atoms with Crippen molar-refractivity contribution in [3.8, 4) is 5.75 Å². The Morgan fingerprint density at radius 3 is 2.78 bits per heavy atom. The highest BCUT2D eigenvalue weighted by molar-refractivity contribution is 9.10. The van der Waals surface area contributed by atoms with Gasteiger partial charge in [-0.05, 0) is 42.1 Å². The minimum absolute atomic E-state index is 0.524. The molecule has 2 aromatic rings. The molecule has 1 heterocycles. The summed E-state index contributed by atoms with van der Waals surface area (Å²) in [5.74, 6) is 0.801. The third kappa shape index (κ3) is 2.94. The van der Waals surface area contributed by atoms with Crippen LogP contribution in [0.5, 0.6) is 5.75 Å². The number of halogens is 1. The zero-order valence-corrected chi connectivity index (χ0v) is 12.7. The van der Waals surface area contributed by atoms with E-state index in [-0.39, 0.29) is 0 Å². The Balaban J connectivity index is 2.31. The summed E-state index contributed by atoms with van der Waals surface area (Å²) in [5.41, 5.74) is 0.118. The molecule has 0 aliphatic heterocycles. The first-order valence-electron chi connectivity index (χ1n) is 5.62. The van der Waals surface area contributed by atoms with Crippen LogP contribution < -0.4 is 4.74 Å². The van der Waals surface area contributed by atoms with Crippen LogP contribution in [0.3, 0.4) is 0 Å². The fraction of sp³-hybridized carbons (Fsp3) is 0.286. The van der Waals surface area contributed by atoms with E-state index in [4.69, 9.17) is 4.74 Å². The summed E-state index contributed by atoms with van der Waals surface area (Å²) < 4.78 is 6.32. The lowest BCUT2D eigenvalue weighted by Gasteiger charge is -2.23. The second-order valence-electron chi connectivity index (χ2n) is 4.38. The second kappa shape index (κ2) is 5.43. The van der Waals surface area contributed by atoms with Crippen molar-refractivity contribution in [2.75, 3.05) is 7.11 Å². The van der Waals surface area contributed by atoms with E-state index in [2.05, 4.69) is 15.9 Å². The molecule has 1 aromatic heterocycles. The first kappa shape index (κ1) is 13.6. The molecule has 2 rings (SSSR count). The molecule has 1 atom stereocenters. The summed E-state index contributed by atoms with van der Waals surface area (Å²) in [6.07, 6.45) is 0.524. The predicted molar refractivity (Wildman–Crippen MR) is 78.3 cm³/mol. The topological polar surface area (TPSA) is 29.5 Å². The van der Waals surface area contributed by atoms with Gasteiger partial charge < -0.3 is 9.84 Å². The molecule has 18 heavy (non-hydrogen) atoms. The van der Waals surface area contributed by atoms with E-state index in [9.17, 15) is 5.11 Å². The van der Waals surface area contributed by atoms with Gasteiger partial charge in [0.2, 0.25) is 0 Å². The van der Waals surface area contributed by atoms with E-state index in [1.165, 1.54) is 0 Å². The van der Waals surface area contributed by atoms with Gasteiger partial charge in [-0.2, -0.15) is 0 Å². The number of aliphatic hydroxyl groups is 1. The number of benzene rings is 1. The van der Waals surface area contributed by atoms with Crippen LogP contribution in [0.4, 0.5) is 0 Å². The molecule has 96 valence electrons. The zero-order chi connectivity index (χ0) is 13.2. The van der Waals surface area contributed by atoms with Gasteiger partial charge in [0.25, 0.3) is 0 Å². The molecule has 0 aliphatic rings. The molecule has 4 heteroatoms. The molecule has 1 aromatic carbocycles. The van der Waals surface area contributed by atoms with Crippen LogP contribution in [0, 0.1) is 0 Å². The Hall–Kier alpha value is -0.840. The summed E-state index contributed by atoms with van der Waals surface area (Å²) in [6, 6.07) is 9.73. The Morgan fingerprint density at radius 2 is 2.17 bits per heavy atom. The number of thiophene rings is 1. The average Bonchev–Trinajstić information content (AvgIpc) is 2.83. The largest absolute Gasteiger partial charge is 0.496 e. The maximum absolute atomic E-state index is 10.6. The van der Waals surface area contributed by atoms with Gasteiger partial charge in [-0.1, -0.05) is 22.0 Å². The summed E-state index contributed by atoms with van der Waals surface area (Å²) in [5, 5.41) is 12.6. The summed E-state index contributed by atoms with van der Waals surface area (Å²) in [6.45, 7) is 1.83.